The molecule has 7 heteroatoms. The summed E-state index contributed by atoms with van der Waals surface area (Å²) in [7, 11) is -2.90. The van der Waals surface area contributed by atoms with Crippen LogP contribution in [-0.4, -0.2) is 42.5 Å². The molecule has 1 fully saturated rings. The van der Waals surface area contributed by atoms with Crippen LogP contribution in [0.15, 0.2) is 17.7 Å². The van der Waals surface area contributed by atoms with Gasteiger partial charge in [0.05, 0.1) is 11.5 Å². The molecule has 1 atom stereocenters. The number of hydrogen-bond acceptors (Lipinski definition) is 6. The van der Waals surface area contributed by atoms with Gasteiger partial charge in [-0.3, -0.25) is 0 Å². The van der Waals surface area contributed by atoms with Crippen molar-refractivity contribution in [2.24, 2.45) is 0 Å². The van der Waals surface area contributed by atoms with E-state index in [4.69, 9.17) is 0 Å². The van der Waals surface area contributed by atoms with Crippen molar-refractivity contribution >= 4 is 21.6 Å². The molecule has 2 aliphatic rings. The van der Waals surface area contributed by atoms with E-state index in [9.17, 15) is 8.42 Å². The van der Waals surface area contributed by atoms with E-state index >= 15 is 0 Å². The SMILES string of the molecule is Cc1cc(NCCC2=CCCCC2)nc(NC2CCS(=O)(=O)C2)n1. The van der Waals surface area contributed by atoms with E-state index in [1.807, 2.05) is 13.0 Å². The summed E-state index contributed by atoms with van der Waals surface area (Å²) < 4.78 is 23.1. The predicted molar refractivity (Wildman–Crippen MR) is 97.1 cm³/mol. The molecular weight excluding hydrogens is 324 g/mol. The number of nitrogens with zero attached hydrogens (tertiary/aromatic N) is 2. The Morgan fingerprint density at radius 3 is 2.88 bits per heavy atom. The van der Waals surface area contributed by atoms with Gasteiger partial charge in [0.25, 0.3) is 0 Å². The van der Waals surface area contributed by atoms with Gasteiger partial charge in [0.15, 0.2) is 9.84 Å². The van der Waals surface area contributed by atoms with Crippen LogP contribution in [0.4, 0.5) is 11.8 Å². The molecule has 3 rings (SSSR count). The maximum absolute atomic E-state index is 11.6. The summed E-state index contributed by atoms with van der Waals surface area (Å²) in [4.78, 5) is 8.85. The number of rotatable bonds is 6. The molecule has 24 heavy (non-hydrogen) atoms. The second-order valence-corrected chi connectivity index (χ2v) is 8.98. The van der Waals surface area contributed by atoms with Gasteiger partial charge >= 0.3 is 0 Å². The van der Waals surface area contributed by atoms with Gasteiger partial charge < -0.3 is 10.6 Å². The van der Waals surface area contributed by atoms with E-state index in [-0.39, 0.29) is 17.5 Å². The van der Waals surface area contributed by atoms with E-state index in [0.29, 0.717) is 12.4 Å². The van der Waals surface area contributed by atoms with E-state index in [1.165, 1.54) is 31.3 Å². The second kappa shape index (κ2) is 7.51. The first-order valence-electron chi connectivity index (χ1n) is 8.75. The quantitative estimate of drug-likeness (QED) is 0.768. The van der Waals surface area contributed by atoms with E-state index in [1.54, 1.807) is 0 Å². The first-order chi connectivity index (χ1) is 11.5. The van der Waals surface area contributed by atoms with Crippen molar-refractivity contribution in [3.63, 3.8) is 0 Å². The summed E-state index contributed by atoms with van der Waals surface area (Å²) in [5.74, 6) is 1.72. The highest BCUT2D eigenvalue weighted by molar-refractivity contribution is 7.91. The number of anilines is 2. The Bertz CT molecular complexity index is 715. The molecular formula is C17H26N4O2S. The number of aryl methyl sites for hydroxylation is 1. The summed E-state index contributed by atoms with van der Waals surface area (Å²) in [6.45, 7) is 2.78. The minimum absolute atomic E-state index is 0.0861. The predicted octanol–water partition coefficient (Wildman–Crippen LogP) is 2.69. The Morgan fingerprint density at radius 2 is 2.17 bits per heavy atom. The maximum Gasteiger partial charge on any atom is 0.225 e. The zero-order valence-electron chi connectivity index (χ0n) is 14.2. The van der Waals surface area contributed by atoms with Crippen LogP contribution in [0.2, 0.25) is 0 Å². The molecule has 2 N–H and O–H groups in total. The average Bonchev–Trinajstić information content (AvgIpc) is 2.86. The van der Waals surface area contributed by atoms with Crippen LogP contribution < -0.4 is 10.6 Å². The molecule has 0 radical (unpaired) electrons. The van der Waals surface area contributed by atoms with Gasteiger partial charge in [-0.05, 0) is 45.4 Å². The van der Waals surface area contributed by atoms with Crippen LogP contribution in [0.5, 0.6) is 0 Å². The molecule has 1 unspecified atom stereocenters. The van der Waals surface area contributed by atoms with Crippen LogP contribution in [0, 0.1) is 6.92 Å². The smallest absolute Gasteiger partial charge is 0.225 e. The summed E-state index contributed by atoms with van der Waals surface area (Å²) in [5, 5.41) is 6.53. The third-order valence-electron chi connectivity index (χ3n) is 4.56. The first kappa shape index (κ1) is 17.2. The highest BCUT2D eigenvalue weighted by Gasteiger charge is 2.28. The molecule has 6 nitrogen and oxygen atoms in total. The van der Waals surface area contributed by atoms with Gasteiger partial charge in [-0.25, -0.2) is 13.4 Å². The lowest BCUT2D eigenvalue weighted by molar-refractivity contribution is 0.602. The zero-order valence-corrected chi connectivity index (χ0v) is 15.0. The van der Waals surface area contributed by atoms with Gasteiger partial charge in [-0.1, -0.05) is 11.6 Å². The van der Waals surface area contributed by atoms with Gasteiger partial charge in [-0.2, -0.15) is 4.98 Å². The number of nitrogens with one attached hydrogen (secondary N) is 2. The first-order valence-corrected chi connectivity index (χ1v) is 10.6. The Morgan fingerprint density at radius 1 is 1.29 bits per heavy atom. The van der Waals surface area contributed by atoms with Crippen molar-refractivity contribution < 1.29 is 8.42 Å². The van der Waals surface area contributed by atoms with Crippen LogP contribution in [-0.2, 0) is 9.84 Å². The van der Waals surface area contributed by atoms with Crippen molar-refractivity contribution in [3.05, 3.63) is 23.4 Å². The number of sulfone groups is 1. The lowest BCUT2D eigenvalue weighted by Crippen LogP contribution is -2.22. The van der Waals surface area contributed by atoms with E-state index in [2.05, 4.69) is 26.7 Å². The Hall–Kier alpha value is -1.63. The van der Waals surface area contributed by atoms with Crippen molar-refractivity contribution in [1.82, 2.24) is 9.97 Å². The second-order valence-electron chi connectivity index (χ2n) is 6.75. The zero-order chi connectivity index (χ0) is 17.0. The number of aromatic nitrogens is 2. The van der Waals surface area contributed by atoms with Gasteiger partial charge in [0, 0.05) is 24.3 Å². The molecule has 132 valence electrons. The van der Waals surface area contributed by atoms with Crippen LogP contribution in [0.25, 0.3) is 0 Å². The molecule has 0 saturated carbocycles. The molecule has 1 saturated heterocycles. The monoisotopic (exact) mass is 350 g/mol. The Balaban J connectivity index is 1.56. The van der Waals surface area contributed by atoms with Crippen LogP contribution in [0.1, 0.15) is 44.2 Å². The minimum Gasteiger partial charge on any atom is -0.370 e. The molecule has 1 aromatic heterocycles. The van der Waals surface area contributed by atoms with Crippen molar-refractivity contribution in [1.29, 1.82) is 0 Å². The third kappa shape index (κ3) is 4.93. The molecule has 0 aromatic carbocycles. The summed E-state index contributed by atoms with van der Waals surface area (Å²) in [5.41, 5.74) is 2.40. The molecule has 2 heterocycles. The number of allylic oxidation sites excluding steroid dienone is 1. The standard InChI is InChI=1S/C17H26N4O2S/c1-13-11-16(18-9-7-14-5-3-2-4-6-14)21-17(19-13)20-15-8-10-24(22,23)12-15/h5,11,15H,2-4,6-10,12H2,1H3,(H2,18,19,20,21). The molecule has 0 amide bonds. The Kier molecular flexibility index (Phi) is 5.38. The molecule has 1 aliphatic heterocycles. The topological polar surface area (TPSA) is 84.0 Å². The normalized spacial score (nSPS) is 22.9. The largest absolute Gasteiger partial charge is 0.370 e. The fourth-order valence-corrected chi connectivity index (χ4v) is 4.97. The van der Waals surface area contributed by atoms with Crippen molar-refractivity contribution in [3.8, 4) is 0 Å². The molecule has 1 aromatic rings. The highest BCUT2D eigenvalue weighted by Crippen LogP contribution is 2.20. The van der Waals surface area contributed by atoms with Crippen molar-refractivity contribution in [2.75, 3.05) is 28.7 Å². The number of hydrogen-bond donors (Lipinski definition) is 2. The fourth-order valence-electron chi connectivity index (χ4n) is 3.30. The van der Waals surface area contributed by atoms with E-state index in [0.717, 1.165) is 24.5 Å². The minimum atomic E-state index is -2.90. The van der Waals surface area contributed by atoms with Gasteiger partial charge in [0.2, 0.25) is 5.95 Å². The maximum atomic E-state index is 11.6. The highest BCUT2D eigenvalue weighted by atomic mass is 32.2. The van der Waals surface area contributed by atoms with Crippen molar-refractivity contribution in [2.45, 2.75) is 51.5 Å². The summed E-state index contributed by atoms with van der Waals surface area (Å²) >= 11 is 0. The van der Waals surface area contributed by atoms with E-state index < -0.39 is 9.84 Å². The van der Waals surface area contributed by atoms with Crippen LogP contribution >= 0.6 is 0 Å². The third-order valence-corrected chi connectivity index (χ3v) is 6.33. The molecule has 1 aliphatic carbocycles. The molecule has 0 spiro atoms. The lowest BCUT2D eigenvalue weighted by atomic mass is 9.97. The Labute approximate surface area is 144 Å². The van der Waals surface area contributed by atoms with Gasteiger partial charge in [-0.15, -0.1) is 0 Å². The van der Waals surface area contributed by atoms with Crippen LogP contribution in [0.3, 0.4) is 0 Å². The summed E-state index contributed by atoms with van der Waals surface area (Å²) in [6.07, 6.45) is 9.08. The van der Waals surface area contributed by atoms with Gasteiger partial charge in [0.1, 0.15) is 5.82 Å². The lowest BCUT2D eigenvalue weighted by Gasteiger charge is -2.15. The fraction of sp³-hybridized carbons (Fsp3) is 0.647. The molecule has 0 bridgehead atoms. The summed E-state index contributed by atoms with van der Waals surface area (Å²) in [6, 6.07) is 1.84. The average molecular weight is 350 g/mol.